The first kappa shape index (κ1) is 20.3. The number of ether oxygens (including phenoxy) is 1. The molecule has 2 amide bonds. The Labute approximate surface area is 154 Å². The van der Waals surface area contributed by atoms with E-state index in [2.05, 4.69) is 10.6 Å². The van der Waals surface area contributed by atoms with Crippen molar-refractivity contribution in [3.8, 4) is 0 Å². The molecule has 1 aliphatic rings. The monoisotopic (exact) mass is 362 g/mol. The largest absolute Gasteiger partial charge is 0.475 e. The van der Waals surface area contributed by atoms with E-state index in [1.165, 1.54) is 0 Å². The molecule has 1 aromatic carbocycles. The Morgan fingerprint density at radius 1 is 1.23 bits per heavy atom. The second-order valence-electron chi connectivity index (χ2n) is 7.75. The maximum Gasteiger partial charge on any atom is 0.475 e. The first-order valence-electron chi connectivity index (χ1n) is 8.83. The Hall–Kier alpha value is -2.06. The second-order valence-corrected chi connectivity index (χ2v) is 7.75. The Kier molecular flexibility index (Phi) is 6.31. The van der Waals surface area contributed by atoms with Gasteiger partial charge in [-0.15, -0.1) is 0 Å². The summed E-state index contributed by atoms with van der Waals surface area (Å²) < 4.78 is 5.24. The summed E-state index contributed by atoms with van der Waals surface area (Å²) in [6.07, 6.45) is 1.38. The molecule has 0 bridgehead atoms. The van der Waals surface area contributed by atoms with E-state index < -0.39 is 36.2 Å². The molecule has 0 saturated heterocycles. The molecular formula is C18H27BN2O5. The zero-order valence-electron chi connectivity index (χ0n) is 15.5. The minimum absolute atomic E-state index is 0.271. The lowest BCUT2D eigenvalue weighted by atomic mass is 9.72. The maximum atomic E-state index is 12.7. The number of alkyl carbamates (subject to hydrolysis) is 1. The van der Waals surface area contributed by atoms with Gasteiger partial charge in [-0.3, -0.25) is 4.79 Å². The van der Waals surface area contributed by atoms with E-state index in [9.17, 15) is 19.6 Å². The summed E-state index contributed by atoms with van der Waals surface area (Å²) in [6.45, 7) is 5.24. The highest BCUT2D eigenvalue weighted by Gasteiger charge is 2.47. The molecule has 2 rings (SSSR count). The zero-order valence-corrected chi connectivity index (χ0v) is 15.5. The maximum absolute atomic E-state index is 12.7. The Morgan fingerprint density at radius 3 is 2.31 bits per heavy atom. The van der Waals surface area contributed by atoms with Crippen LogP contribution in [0, 0.1) is 0 Å². The highest BCUT2D eigenvalue weighted by molar-refractivity contribution is 6.43. The number of carbonyl (C=O) groups excluding carboxylic acids is 2. The fourth-order valence-corrected chi connectivity index (χ4v) is 2.84. The zero-order chi connectivity index (χ0) is 19.4. The number of rotatable bonds is 6. The van der Waals surface area contributed by atoms with Gasteiger partial charge < -0.3 is 25.4 Å². The lowest BCUT2D eigenvalue weighted by Crippen LogP contribution is -2.66. The van der Waals surface area contributed by atoms with Crippen molar-refractivity contribution in [2.45, 2.75) is 63.5 Å². The molecule has 0 spiro atoms. The standard InChI is InChI=1S/C18H27BN2O5/c1-17(2,3)26-16(23)21-18(10-7-11-18)15(22)20-14(19(24)25)12-13-8-5-4-6-9-13/h4-6,8-9,14,24-25H,7,10-12H2,1-3H3,(H,20,22)(H,21,23). The Morgan fingerprint density at radius 2 is 1.85 bits per heavy atom. The van der Waals surface area contributed by atoms with Gasteiger partial charge in [0.2, 0.25) is 5.91 Å². The molecule has 7 nitrogen and oxygen atoms in total. The first-order valence-corrected chi connectivity index (χ1v) is 8.83. The molecule has 1 aliphatic carbocycles. The molecule has 1 saturated carbocycles. The molecule has 0 aliphatic heterocycles. The smallest absolute Gasteiger partial charge is 0.444 e. The third kappa shape index (κ3) is 5.47. The minimum atomic E-state index is -1.71. The van der Waals surface area contributed by atoms with Gasteiger partial charge in [0, 0.05) is 0 Å². The molecule has 0 aromatic heterocycles. The summed E-state index contributed by atoms with van der Waals surface area (Å²) in [5, 5.41) is 24.6. The predicted octanol–water partition coefficient (Wildman–Crippen LogP) is 1.17. The summed E-state index contributed by atoms with van der Waals surface area (Å²) in [6, 6.07) is 9.24. The SMILES string of the molecule is CC(C)(C)OC(=O)NC1(C(=O)NC(Cc2ccccc2)B(O)O)CCC1. The van der Waals surface area contributed by atoms with Crippen LogP contribution in [-0.4, -0.2) is 46.2 Å². The van der Waals surface area contributed by atoms with E-state index in [1.54, 1.807) is 20.8 Å². The average molecular weight is 362 g/mol. The van der Waals surface area contributed by atoms with Gasteiger partial charge in [0.05, 0.1) is 5.94 Å². The van der Waals surface area contributed by atoms with Gasteiger partial charge in [-0.2, -0.15) is 0 Å². The Bertz CT molecular complexity index is 626. The number of hydrogen-bond acceptors (Lipinski definition) is 5. The van der Waals surface area contributed by atoms with Crippen LogP contribution in [0.1, 0.15) is 45.6 Å². The summed E-state index contributed by atoms with van der Waals surface area (Å²) in [4.78, 5) is 24.8. The summed E-state index contributed by atoms with van der Waals surface area (Å²) >= 11 is 0. The van der Waals surface area contributed by atoms with Crippen LogP contribution in [0.4, 0.5) is 4.79 Å². The number of carbonyl (C=O) groups is 2. The fourth-order valence-electron chi connectivity index (χ4n) is 2.84. The number of amides is 2. The van der Waals surface area contributed by atoms with Crippen LogP contribution in [-0.2, 0) is 16.0 Å². The van der Waals surface area contributed by atoms with Gasteiger partial charge in [-0.25, -0.2) is 4.79 Å². The van der Waals surface area contributed by atoms with Crippen molar-refractivity contribution in [1.29, 1.82) is 0 Å². The predicted molar refractivity (Wildman–Crippen MR) is 98.2 cm³/mol. The molecule has 4 N–H and O–H groups in total. The minimum Gasteiger partial charge on any atom is -0.444 e. The topological polar surface area (TPSA) is 108 Å². The van der Waals surface area contributed by atoms with Gasteiger partial charge in [0.25, 0.3) is 0 Å². The highest BCUT2D eigenvalue weighted by atomic mass is 16.6. The molecule has 0 heterocycles. The third-order valence-corrected chi connectivity index (χ3v) is 4.36. The van der Waals surface area contributed by atoms with Crippen molar-refractivity contribution in [3.63, 3.8) is 0 Å². The normalized spacial score (nSPS) is 16.8. The highest BCUT2D eigenvalue weighted by Crippen LogP contribution is 2.32. The van der Waals surface area contributed by atoms with Crippen LogP contribution in [0.5, 0.6) is 0 Å². The summed E-state index contributed by atoms with van der Waals surface area (Å²) in [5.74, 6) is -1.30. The molecule has 26 heavy (non-hydrogen) atoms. The fraction of sp³-hybridized carbons (Fsp3) is 0.556. The third-order valence-electron chi connectivity index (χ3n) is 4.36. The molecule has 1 fully saturated rings. The van der Waals surface area contributed by atoms with E-state index in [0.717, 1.165) is 12.0 Å². The lowest BCUT2D eigenvalue weighted by molar-refractivity contribution is -0.131. The summed E-state index contributed by atoms with van der Waals surface area (Å²) in [7, 11) is -1.71. The molecular weight excluding hydrogens is 335 g/mol. The van der Waals surface area contributed by atoms with Crippen molar-refractivity contribution < 1.29 is 24.4 Å². The van der Waals surface area contributed by atoms with Crippen LogP contribution < -0.4 is 10.6 Å². The summed E-state index contributed by atoms with van der Waals surface area (Å²) in [5.41, 5.74) is -0.858. The van der Waals surface area contributed by atoms with Crippen molar-refractivity contribution in [3.05, 3.63) is 35.9 Å². The molecule has 142 valence electrons. The van der Waals surface area contributed by atoms with E-state index in [0.29, 0.717) is 12.8 Å². The van der Waals surface area contributed by atoms with Crippen molar-refractivity contribution >= 4 is 19.1 Å². The van der Waals surface area contributed by atoms with Crippen LogP contribution in [0.2, 0.25) is 0 Å². The van der Waals surface area contributed by atoms with Gasteiger partial charge in [-0.05, 0) is 52.0 Å². The second kappa shape index (κ2) is 8.10. The van der Waals surface area contributed by atoms with E-state index in [-0.39, 0.29) is 6.42 Å². The quantitative estimate of drug-likeness (QED) is 0.569. The van der Waals surface area contributed by atoms with Crippen molar-refractivity contribution in [2.24, 2.45) is 0 Å². The van der Waals surface area contributed by atoms with Gasteiger partial charge in [-0.1, -0.05) is 30.3 Å². The molecule has 1 atom stereocenters. The van der Waals surface area contributed by atoms with Crippen LogP contribution in [0.3, 0.4) is 0 Å². The molecule has 1 unspecified atom stereocenters. The molecule has 8 heteroatoms. The number of hydrogen-bond donors (Lipinski definition) is 4. The van der Waals surface area contributed by atoms with Gasteiger partial charge >= 0.3 is 13.2 Å². The molecule has 1 aromatic rings. The van der Waals surface area contributed by atoms with Gasteiger partial charge in [0.1, 0.15) is 11.1 Å². The van der Waals surface area contributed by atoms with E-state index in [4.69, 9.17) is 4.74 Å². The van der Waals surface area contributed by atoms with Crippen LogP contribution in [0.25, 0.3) is 0 Å². The van der Waals surface area contributed by atoms with Crippen molar-refractivity contribution in [1.82, 2.24) is 10.6 Å². The lowest BCUT2D eigenvalue weighted by Gasteiger charge is -2.41. The van der Waals surface area contributed by atoms with Crippen LogP contribution in [0.15, 0.2) is 30.3 Å². The number of nitrogens with one attached hydrogen (secondary N) is 2. The van der Waals surface area contributed by atoms with Crippen molar-refractivity contribution in [2.75, 3.05) is 0 Å². The van der Waals surface area contributed by atoms with Crippen LogP contribution >= 0.6 is 0 Å². The van der Waals surface area contributed by atoms with E-state index >= 15 is 0 Å². The van der Waals surface area contributed by atoms with Gasteiger partial charge in [0.15, 0.2) is 0 Å². The molecule has 0 radical (unpaired) electrons. The first-order chi connectivity index (χ1) is 12.1. The average Bonchev–Trinajstić information content (AvgIpc) is 2.49. The Balaban J connectivity index is 2.03. The van der Waals surface area contributed by atoms with E-state index in [1.807, 2.05) is 30.3 Å². The number of benzene rings is 1.